The molecule has 3 aromatic rings. The summed E-state index contributed by atoms with van der Waals surface area (Å²) >= 11 is 0. The topological polar surface area (TPSA) is 89.9 Å². The monoisotopic (exact) mass is 502 g/mol. The molecular weight excluding hydrogens is 471 g/mol. The van der Waals surface area contributed by atoms with Crippen LogP contribution in [0.25, 0.3) is 22.3 Å². The van der Waals surface area contributed by atoms with Crippen molar-refractivity contribution in [3.8, 4) is 22.3 Å². The van der Waals surface area contributed by atoms with Crippen LogP contribution in [0.15, 0.2) is 78.9 Å². The van der Waals surface area contributed by atoms with Crippen LogP contribution in [0.4, 0.5) is 0 Å². The highest BCUT2D eigenvalue weighted by Crippen LogP contribution is 2.56. The molecule has 34 heavy (non-hydrogen) atoms. The molecule has 1 N–H and O–H groups in total. The molecule has 182 valence electrons. The van der Waals surface area contributed by atoms with Gasteiger partial charge < -0.3 is 9.05 Å². The van der Waals surface area contributed by atoms with Gasteiger partial charge in [-0.2, -0.15) is 8.42 Å². The van der Waals surface area contributed by atoms with Crippen LogP contribution < -0.4 is 0 Å². The lowest BCUT2D eigenvalue weighted by atomic mass is 9.99. The molecule has 0 saturated heterocycles. The molecular formula is C26H31O6PS. The number of hydrogen-bond acceptors (Lipinski definition) is 5. The zero-order chi connectivity index (χ0) is 24.6. The number of aryl methyl sites for hydroxylation is 1. The first-order valence-electron chi connectivity index (χ1n) is 11.4. The molecule has 8 heteroatoms. The second-order valence-corrected chi connectivity index (χ2v) is 12.0. The summed E-state index contributed by atoms with van der Waals surface area (Å²) in [6.45, 7) is 3.25. The second-order valence-electron chi connectivity index (χ2n) is 7.88. The molecule has 0 spiro atoms. The van der Waals surface area contributed by atoms with E-state index in [1.807, 2.05) is 42.5 Å². The summed E-state index contributed by atoms with van der Waals surface area (Å²) < 4.78 is 56.7. The third-order valence-corrected chi connectivity index (χ3v) is 10.2. The van der Waals surface area contributed by atoms with Crippen molar-refractivity contribution in [3.05, 3.63) is 84.4 Å². The summed E-state index contributed by atoms with van der Waals surface area (Å²) in [6.07, 6.45) is 0.940. The zero-order valence-electron chi connectivity index (χ0n) is 19.5. The first-order valence-corrected chi connectivity index (χ1v) is 14.5. The van der Waals surface area contributed by atoms with E-state index < -0.39 is 22.7 Å². The number of hydrogen-bond donors (Lipinski definition) is 1. The standard InChI is InChI=1S/C26H31O6PS/c1-3-31-33(27,32-4-2)26(34(28,29)30)12-8-9-21-13-15-23(16-14-21)25-19-17-24(18-20-25)22-10-6-5-7-11-22/h5-7,10-11,13-20,26H,3-4,8-9,12H2,1-2H3,(H,28,29,30). The van der Waals surface area contributed by atoms with Crippen LogP contribution in [0.5, 0.6) is 0 Å². The van der Waals surface area contributed by atoms with Crippen molar-refractivity contribution >= 4 is 17.7 Å². The fourth-order valence-electron chi connectivity index (χ4n) is 3.86. The molecule has 0 aliphatic heterocycles. The summed E-state index contributed by atoms with van der Waals surface area (Å²) in [5.41, 5.74) is 5.53. The largest absolute Gasteiger partial charge is 0.351 e. The molecule has 3 rings (SSSR count). The predicted octanol–water partition coefficient (Wildman–Crippen LogP) is 6.82. The van der Waals surface area contributed by atoms with Crippen molar-refractivity contribution in [3.63, 3.8) is 0 Å². The third-order valence-electron chi connectivity index (χ3n) is 5.51. The molecule has 0 aromatic heterocycles. The normalized spacial score (nSPS) is 13.0. The highest BCUT2D eigenvalue weighted by atomic mass is 32.2. The van der Waals surface area contributed by atoms with Crippen molar-refractivity contribution in [2.24, 2.45) is 0 Å². The van der Waals surface area contributed by atoms with Crippen LogP contribution in [0.1, 0.15) is 32.3 Å². The molecule has 0 saturated carbocycles. The second kappa shape index (κ2) is 11.9. The molecule has 0 aliphatic rings. The molecule has 6 nitrogen and oxygen atoms in total. The predicted molar refractivity (Wildman–Crippen MR) is 136 cm³/mol. The van der Waals surface area contributed by atoms with E-state index >= 15 is 0 Å². The maximum absolute atomic E-state index is 12.9. The van der Waals surface area contributed by atoms with E-state index in [4.69, 9.17) is 9.05 Å². The third kappa shape index (κ3) is 6.87. The van der Waals surface area contributed by atoms with Gasteiger partial charge in [-0.15, -0.1) is 0 Å². The van der Waals surface area contributed by atoms with Crippen molar-refractivity contribution in [1.82, 2.24) is 0 Å². The van der Waals surface area contributed by atoms with Gasteiger partial charge in [0.05, 0.1) is 13.2 Å². The lowest BCUT2D eigenvalue weighted by Gasteiger charge is -2.24. The summed E-state index contributed by atoms with van der Waals surface area (Å²) in [6, 6.07) is 26.6. The van der Waals surface area contributed by atoms with Gasteiger partial charge in [0, 0.05) is 0 Å². The minimum atomic E-state index is -4.60. The van der Waals surface area contributed by atoms with E-state index in [1.165, 1.54) is 5.56 Å². The van der Waals surface area contributed by atoms with Crippen molar-refractivity contribution in [1.29, 1.82) is 0 Å². The zero-order valence-corrected chi connectivity index (χ0v) is 21.2. The fraction of sp³-hybridized carbons (Fsp3) is 0.308. The van der Waals surface area contributed by atoms with E-state index in [-0.39, 0.29) is 19.6 Å². The Morgan fingerprint density at radius 2 is 1.21 bits per heavy atom. The van der Waals surface area contributed by atoms with Gasteiger partial charge in [-0.25, -0.2) is 0 Å². The molecule has 0 radical (unpaired) electrons. The number of rotatable bonds is 12. The minimum absolute atomic E-state index is 0.0249. The lowest BCUT2D eigenvalue weighted by Crippen LogP contribution is -2.23. The summed E-state index contributed by atoms with van der Waals surface area (Å²) in [5, 5.41) is 0. The Morgan fingerprint density at radius 1 is 0.765 bits per heavy atom. The summed E-state index contributed by atoms with van der Waals surface area (Å²) in [4.78, 5) is -1.60. The van der Waals surface area contributed by atoms with Crippen LogP contribution in [-0.2, 0) is 30.2 Å². The Bertz CT molecular complexity index is 1180. The average molecular weight is 503 g/mol. The van der Waals surface area contributed by atoms with Gasteiger partial charge >= 0.3 is 7.60 Å². The Hall–Kier alpha value is -2.28. The number of benzene rings is 3. The molecule has 0 amide bonds. The summed E-state index contributed by atoms with van der Waals surface area (Å²) in [7, 11) is -8.59. The summed E-state index contributed by atoms with van der Waals surface area (Å²) in [5.74, 6) is 0. The van der Waals surface area contributed by atoms with Gasteiger partial charge in [0.1, 0.15) is 0 Å². The minimum Gasteiger partial charge on any atom is -0.308 e. The van der Waals surface area contributed by atoms with E-state index in [9.17, 15) is 17.5 Å². The Labute approximate surface area is 202 Å². The van der Waals surface area contributed by atoms with Gasteiger partial charge in [0.2, 0.25) is 0 Å². The van der Waals surface area contributed by atoms with E-state index in [0.717, 1.165) is 22.3 Å². The van der Waals surface area contributed by atoms with E-state index in [1.54, 1.807) is 13.8 Å². The lowest BCUT2D eigenvalue weighted by molar-refractivity contribution is 0.215. The molecule has 1 atom stereocenters. The molecule has 0 aliphatic carbocycles. The van der Waals surface area contributed by atoms with Gasteiger partial charge in [-0.05, 0) is 60.9 Å². The molecule has 0 heterocycles. The van der Waals surface area contributed by atoms with Gasteiger partial charge in [-0.3, -0.25) is 9.12 Å². The highest BCUT2D eigenvalue weighted by molar-refractivity contribution is 7.94. The quantitative estimate of drug-likeness (QED) is 0.216. The van der Waals surface area contributed by atoms with Crippen LogP contribution in [0, 0.1) is 0 Å². The molecule has 0 bridgehead atoms. The molecule has 3 aromatic carbocycles. The van der Waals surface area contributed by atoms with Gasteiger partial charge in [0.25, 0.3) is 10.1 Å². The molecule has 0 fully saturated rings. The first kappa shape index (κ1) is 26.3. The van der Waals surface area contributed by atoms with E-state index in [2.05, 4.69) is 36.4 Å². The smallest absolute Gasteiger partial charge is 0.308 e. The van der Waals surface area contributed by atoms with Gasteiger partial charge in [0.15, 0.2) is 4.99 Å². The van der Waals surface area contributed by atoms with Crippen molar-refractivity contribution in [2.75, 3.05) is 13.2 Å². The Balaban J connectivity index is 1.64. The van der Waals surface area contributed by atoms with Crippen LogP contribution in [0.2, 0.25) is 0 Å². The first-order chi connectivity index (χ1) is 16.3. The SMILES string of the molecule is CCOP(=O)(OCC)C(CCCc1ccc(-c2ccc(-c3ccccc3)cc2)cc1)S(=O)(=O)O. The Morgan fingerprint density at radius 3 is 1.65 bits per heavy atom. The van der Waals surface area contributed by atoms with Crippen LogP contribution >= 0.6 is 7.60 Å². The van der Waals surface area contributed by atoms with E-state index in [0.29, 0.717) is 12.8 Å². The Kier molecular flexibility index (Phi) is 9.23. The van der Waals surface area contributed by atoms with Crippen LogP contribution in [0.3, 0.4) is 0 Å². The molecule has 1 unspecified atom stereocenters. The maximum Gasteiger partial charge on any atom is 0.351 e. The van der Waals surface area contributed by atoms with Crippen molar-refractivity contribution < 1.29 is 26.6 Å². The highest BCUT2D eigenvalue weighted by Gasteiger charge is 2.44. The maximum atomic E-state index is 12.9. The fourth-order valence-corrected chi connectivity index (χ4v) is 7.62. The van der Waals surface area contributed by atoms with Gasteiger partial charge in [-0.1, -0.05) is 78.9 Å². The van der Waals surface area contributed by atoms with Crippen LogP contribution in [-0.4, -0.2) is 31.2 Å². The average Bonchev–Trinajstić information content (AvgIpc) is 2.82. The van der Waals surface area contributed by atoms with Crippen molar-refractivity contribution in [2.45, 2.75) is 38.1 Å².